The average molecular weight is 354 g/mol. The zero-order valence-corrected chi connectivity index (χ0v) is 14.7. The number of carbonyl (C=O) groups is 2. The van der Waals surface area contributed by atoms with E-state index in [2.05, 4.69) is 10.3 Å². The molecule has 1 aromatic carbocycles. The van der Waals surface area contributed by atoms with Crippen LogP contribution in [0, 0.1) is 0 Å². The summed E-state index contributed by atoms with van der Waals surface area (Å²) in [4.78, 5) is 27.5. The summed E-state index contributed by atoms with van der Waals surface area (Å²) in [6, 6.07) is 14.6. The lowest BCUT2D eigenvalue weighted by molar-refractivity contribution is 0.0519. The van der Waals surface area contributed by atoms with Crippen LogP contribution in [0.15, 0.2) is 54.6 Å². The molecule has 136 valence electrons. The third kappa shape index (κ3) is 6.76. The SMILES string of the molecule is CCOC(=O)c1cccc(C=CCCNC(=O)OCc2ccccc2)n1. The number of rotatable bonds is 8. The van der Waals surface area contributed by atoms with Crippen LogP contribution in [-0.4, -0.2) is 30.2 Å². The van der Waals surface area contributed by atoms with Gasteiger partial charge in [-0.05, 0) is 37.1 Å². The summed E-state index contributed by atoms with van der Waals surface area (Å²) in [7, 11) is 0. The topological polar surface area (TPSA) is 77.5 Å². The number of alkyl carbamates (subject to hydrolysis) is 1. The van der Waals surface area contributed by atoms with Gasteiger partial charge in [0.25, 0.3) is 0 Å². The number of nitrogens with one attached hydrogen (secondary N) is 1. The maximum absolute atomic E-state index is 11.6. The summed E-state index contributed by atoms with van der Waals surface area (Å²) in [5.41, 5.74) is 1.87. The minimum absolute atomic E-state index is 0.243. The summed E-state index contributed by atoms with van der Waals surface area (Å²) in [5.74, 6) is -0.439. The Kier molecular flexibility index (Phi) is 7.86. The van der Waals surface area contributed by atoms with Crippen molar-refractivity contribution in [2.24, 2.45) is 0 Å². The molecule has 0 bridgehead atoms. The van der Waals surface area contributed by atoms with Crippen LogP contribution >= 0.6 is 0 Å². The molecule has 1 amide bonds. The highest BCUT2D eigenvalue weighted by Gasteiger charge is 2.07. The van der Waals surface area contributed by atoms with Crippen molar-refractivity contribution in [3.63, 3.8) is 0 Å². The Morgan fingerprint density at radius 1 is 1.08 bits per heavy atom. The monoisotopic (exact) mass is 354 g/mol. The first-order valence-corrected chi connectivity index (χ1v) is 8.44. The fourth-order valence-electron chi connectivity index (χ4n) is 2.10. The fraction of sp³-hybridized carbons (Fsp3) is 0.250. The second kappa shape index (κ2) is 10.7. The number of ether oxygens (including phenoxy) is 2. The molecule has 1 N–H and O–H groups in total. The van der Waals surface area contributed by atoms with Crippen LogP contribution in [0.25, 0.3) is 6.08 Å². The molecule has 2 aromatic rings. The summed E-state index contributed by atoms with van der Waals surface area (Å²) >= 11 is 0. The van der Waals surface area contributed by atoms with Gasteiger partial charge in [-0.25, -0.2) is 14.6 Å². The van der Waals surface area contributed by atoms with Crippen LogP contribution < -0.4 is 5.32 Å². The number of nitrogens with zero attached hydrogens (tertiary/aromatic N) is 1. The van der Waals surface area contributed by atoms with E-state index in [-0.39, 0.29) is 12.3 Å². The molecule has 0 fully saturated rings. The number of amides is 1. The smallest absolute Gasteiger partial charge is 0.407 e. The van der Waals surface area contributed by atoms with E-state index in [0.717, 1.165) is 5.56 Å². The van der Waals surface area contributed by atoms with E-state index in [4.69, 9.17) is 9.47 Å². The van der Waals surface area contributed by atoms with E-state index in [1.807, 2.05) is 36.4 Å². The first kappa shape index (κ1) is 19.2. The van der Waals surface area contributed by atoms with Crippen molar-refractivity contribution in [1.29, 1.82) is 0 Å². The second-order valence-electron chi connectivity index (χ2n) is 5.35. The van der Waals surface area contributed by atoms with Crippen molar-refractivity contribution in [1.82, 2.24) is 10.3 Å². The number of hydrogen-bond donors (Lipinski definition) is 1. The summed E-state index contributed by atoms with van der Waals surface area (Å²) in [5, 5.41) is 2.68. The molecule has 0 spiro atoms. The Morgan fingerprint density at radius 2 is 1.88 bits per heavy atom. The van der Waals surface area contributed by atoms with Crippen molar-refractivity contribution < 1.29 is 19.1 Å². The Hall–Kier alpha value is -3.15. The highest BCUT2D eigenvalue weighted by molar-refractivity contribution is 5.87. The molecule has 2 rings (SSSR count). The summed E-state index contributed by atoms with van der Waals surface area (Å²) < 4.78 is 10.0. The number of benzene rings is 1. The van der Waals surface area contributed by atoms with Gasteiger partial charge in [-0.2, -0.15) is 0 Å². The summed E-state index contributed by atoms with van der Waals surface area (Å²) in [6.07, 6.45) is 3.82. The van der Waals surface area contributed by atoms with Gasteiger partial charge in [0.1, 0.15) is 12.3 Å². The number of hydrogen-bond acceptors (Lipinski definition) is 5. The van der Waals surface area contributed by atoms with E-state index >= 15 is 0 Å². The molecule has 0 atom stereocenters. The van der Waals surface area contributed by atoms with Gasteiger partial charge in [-0.3, -0.25) is 0 Å². The Morgan fingerprint density at radius 3 is 2.65 bits per heavy atom. The van der Waals surface area contributed by atoms with E-state index in [1.54, 1.807) is 31.2 Å². The molecule has 6 heteroatoms. The van der Waals surface area contributed by atoms with E-state index in [0.29, 0.717) is 25.3 Å². The maximum Gasteiger partial charge on any atom is 0.407 e. The van der Waals surface area contributed by atoms with Crippen LogP contribution in [0.2, 0.25) is 0 Å². The molecule has 1 aromatic heterocycles. The third-order valence-corrected chi connectivity index (χ3v) is 3.34. The zero-order chi connectivity index (χ0) is 18.6. The number of esters is 1. The van der Waals surface area contributed by atoms with E-state index in [1.165, 1.54) is 0 Å². The zero-order valence-electron chi connectivity index (χ0n) is 14.7. The predicted molar refractivity (Wildman–Crippen MR) is 98.5 cm³/mol. The second-order valence-corrected chi connectivity index (χ2v) is 5.35. The predicted octanol–water partition coefficient (Wildman–Crippen LogP) is 3.59. The molecule has 26 heavy (non-hydrogen) atoms. The van der Waals surface area contributed by atoms with Crippen LogP contribution in [0.4, 0.5) is 4.79 Å². The van der Waals surface area contributed by atoms with Gasteiger partial charge in [0.2, 0.25) is 0 Å². The largest absolute Gasteiger partial charge is 0.461 e. The van der Waals surface area contributed by atoms with Crippen LogP contribution in [-0.2, 0) is 16.1 Å². The molecule has 6 nitrogen and oxygen atoms in total. The standard InChI is InChI=1S/C20H22N2O4/c1-2-25-19(23)18-13-8-12-17(22-18)11-6-7-14-21-20(24)26-15-16-9-4-3-5-10-16/h3-6,8-13H,2,7,14-15H2,1H3,(H,21,24). The molecule has 0 aliphatic rings. The normalized spacial score (nSPS) is 10.5. The molecule has 0 aliphatic carbocycles. The Balaban J connectivity index is 1.69. The van der Waals surface area contributed by atoms with Crippen LogP contribution in [0.3, 0.4) is 0 Å². The van der Waals surface area contributed by atoms with Gasteiger partial charge in [0.15, 0.2) is 0 Å². The van der Waals surface area contributed by atoms with Gasteiger partial charge in [0.05, 0.1) is 12.3 Å². The van der Waals surface area contributed by atoms with Gasteiger partial charge < -0.3 is 14.8 Å². The van der Waals surface area contributed by atoms with Gasteiger partial charge in [-0.15, -0.1) is 0 Å². The minimum atomic E-state index is -0.454. The van der Waals surface area contributed by atoms with E-state index in [9.17, 15) is 9.59 Å². The third-order valence-electron chi connectivity index (χ3n) is 3.34. The van der Waals surface area contributed by atoms with Gasteiger partial charge in [-0.1, -0.05) is 42.5 Å². The number of carbonyl (C=O) groups excluding carboxylic acids is 2. The molecule has 0 aliphatic heterocycles. The van der Waals surface area contributed by atoms with Crippen molar-refractivity contribution >= 4 is 18.1 Å². The molecule has 1 heterocycles. The highest BCUT2D eigenvalue weighted by Crippen LogP contribution is 2.04. The molecular formula is C20H22N2O4. The molecule has 0 saturated carbocycles. The van der Waals surface area contributed by atoms with Gasteiger partial charge in [0, 0.05) is 6.54 Å². The van der Waals surface area contributed by atoms with Gasteiger partial charge >= 0.3 is 12.1 Å². The van der Waals surface area contributed by atoms with Crippen molar-refractivity contribution in [2.75, 3.05) is 13.2 Å². The van der Waals surface area contributed by atoms with Crippen molar-refractivity contribution in [3.8, 4) is 0 Å². The lowest BCUT2D eigenvalue weighted by atomic mass is 10.2. The fourth-order valence-corrected chi connectivity index (χ4v) is 2.10. The first-order chi connectivity index (χ1) is 12.7. The maximum atomic E-state index is 11.6. The number of pyridine rings is 1. The Labute approximate surface area is 152 Å². The lowest BCUT2D eigenvalue weighted by Crippen LogP contribution is -2.24. The first-order valence-electron chi connectivity index (χ1n) is 8.44. The Bertz CT molecular complexity index is 744. The van der Waals surface area contributed by atoms with Crippen LogP contribution in [0.1, 0.15) is 35.1 Å². The molecular weight excluding hydrogens is 332 g/mol. The lowest BCUT2D eigenvalue weighted by Gasteiger charge is -2.05. The molecule has 0 saturated heterocycles. The molecule has 0 radical (unpaired) electrons. The minimum Gasteiger partial charge on any atom is -0.461 e. The van der Waals surface area contributed by atoms with E-state index < -0.39 is 12.1 Å². The van der Waals surface area contributed by atoms with Crippen LogP contribution in [0.5, 0.6) is 0 Å². The van der Waals surface area contributed by atoms with Crippen molar-refractivity contribution in [2.45, 2.75) is 20.0 Å². The molecule has 0 unspecified atom stereocenters. The average Bonchev–Trinajstić information content (AvgIpc) is 2.67. The summed E-state index contributed by atoms with van der Waals surface area (Å²) in [6.45, 7) is 2.75. The van der Waals surface area contributed by atoms with Crippen molar-refractivity contribution in [3.05, 3.63) is 71.6 Å². The highest BCUT2D eigenvalue weighted by atomic mass is 16.5. The quantitative estimate of drug-likeness (QED) is 0.579. The number of aromatic nitrogens is 1.